The Labute approximate surface area is 240 Å². The molecule has 1 saturated heterocycles. The molecule has 0 aromatic heterocycles. The molecule has 2 aromatic rings. The Morgan fingerprint density at radius 2 is 1.83 bits per heavy atom. The van der Waals surface area contributed by atoms with Crippen LogP contribution in [0.1, 0.15) is 68.8 Å². The van der Waals surface area contributed by atoms with Crippen LogP contribution in [0, 0.1) is 0 Å². The molecule has 0 bridgehead atoms. The highest BCUT2D eigenvalue weighted by Crippen LogP contribution is 2.52. The summed E-state index contributed by atoms with van der Waals surface area (Å²) in [5.41, 5.74) is -3.70. The first kappa shape index (κ1) is 30.0. The molecule has 1 fully saturated rings. The topological polar surface area (TPSA) is 212 Å². The minimum Gasteiger partial charge on any atom is -0.507 e. The molecule has 1 heterocycles. The Bertz CT molecular complexity index is 1440. The minimum atomic E-state index is -2.26. The van der Waals surface area contributed by atoms with Crippen molar-refractivity contribution in [3.63, 3.8) is 0 Å². The van der Waals surface area contributed by atoms with Gasteiger partial charge in [-0.3, -0.25) is 14.4 Å². The predicted molar refractivity (Wildman–Crippen MR) is 143 cm³/mol. The average molecular weight is 588 g/mol. The number of Topliss-reactive ketones (excluding diaryl/α,β-unsaturated/α-hetero) is 1. The molecule has 42 heavy (non-hydrogen) atoms. The lowest BCUT2D eigenvalue weighted by atomic mass is 9.72. The van der Waals surface area contributed by atoms with Crippen molar-refractivity contribution in [3.05, 3.63) is 51.6 Å². The average Bonchev–Trinajstić information content (AvgIpc) is 2.97. The number of aliphatic hydroxyl groups is 4. The van der Waals surface area contributed by atoms with Gasteiger partial charge < -0.3 is 50.2 Å². The summed E-state index contributed by atoms with van der Waals surface area (Å²) in [6.45, 7) is 0.565. The smallest absolute Gasteiger partial charge is 0.202 e. The molecular formula is C29H33NO12. The van der Waals surface area contributed by atoms with Gasteiger partial charge in [-0.2, -0.15) is 0 Å². The van der Waals surface area contributed by atoms with Gasteiger partial charge in [0.1, 0.15) is 29.5 Å². The maximum absolute atomic E-state index is 13.7. The van der Waals surface area contributed by atoms with Crippen molar-refractivity contribution in [2.45, 2.75) is 62.4 Å². The number of rotatable bonds is 8. The van der Waals surface area contributed by atoms with E-state index in [-0.39, 0.29) is 47.6 Å². The number of nitrogens with one attached hydrogen (secondary N) is 1. The van der Waals surface area contributed by atoms with Crippen molar-refractivity contribution >= 4 is 17.3 Å². The van der Waals surface area contributed by atoms with E-state index < -0.39 is 95.7 Å². The minimum absolute atomic E-state index is 0.0589. The summed E-state index contributed by atoms with van der Waals surface area (Å²) in [7, 11) is 1.32. The van der Waals surface area contributed by atoms with Crippen LogP contribution in [0.25, 0.3) is 0 Å². The van der Waals surface area contributed by atoms with E-state index in [1.54, 1.807) is 6.92 Å². The maximum atomic E-state index is 13.7. The second-order valence-electron chi connectivity index (χ2n) is 10.8. The van der Waals surface area contributed by atoms with Crippen molar-refractivity contribution in [2.75, 3.05) is 26.9 Å². The number of hydrogen-bond donors (Lipinski definition) is 7. The van der Waals surface area contributed by atoms with E-state index in [0.29, 0.717) is 0 Å². The monoisotopic (exact) mass is 587 g/mol. The fourth-order valence-corrected chi connectivity index (χ4v) is 6.17. The van der Waals surface area contributed by atoms with E-state index in [0.717, 1.165) is 0 Å². The first-order chi connectivity index (χ1) is 20.0. The summed E-state index contributed by atoms with van der Waals surface area (Å²) in [5.74, 6) is -3.82. The fraction of sp³-hybridized carbons (Fsp3) is 0.483. The summed E-state index contributed by atoms with van der Waals surface area (Å²) in [6, 6.07) is 3.79. The molecular weight excluding hydrogens is 554 g/mol. The van der Waals surface area contributed by atoms with Crippen LogP contribution in [0.15, 0.2) is 18.2 Å². The van der Waals surface area contributed by atoms with E-state index in [4.69, 9.17) is 14.2 Å². The van der Waals surface area contributed by atoms with Crippen molar-refractivity contribution in [1.82, 2.24) is 5.32 Å². The van der Waals surface area contributed by atoms with Gasteiger partial charge in [0.25, 0.3) is 0 Å². The van der Waals surface area contributed by atoms with Gasteiger partial charge in [0, 0.05) is 48.5 Å². The Hall–Kier alpha value is -3.43. The lowest BCUT2D eigenvalue weighted by Crippen LogP contribution is -2.55. The lowest BCUT2D eigenvalue weighted by Gasteiger charge is -2.43. The van der Waals surface area contributed by atoms with Gasteiger partial charge in [-0.1, -0.05) is 12.1 Å². The van der Waals surface area contributed by atoms with E-state index in [2.05, 4.69) is 5.32 Å². The number of carbonyl (C=O) groups is 3. The zero-order valence-corrected chi connectivity index (χ0v) is 23.0. The van der Waals surface area contributed by atoms with E-state index in [1.165, 1.54) is 25.3 Å². The summed E-state index contributed by atoms with van der Waals surface area (Å²) in [6.07, 6.45) is -5.14. The molecule has 2 aromatic carbocycles. The number of aliphatic hydroxyl groups excluding tert-OH is 3. The highest BCUT2D eigenvalue weighted by atomic mass is 16.7. The van der Waals surface area contributed by atoms with Crippen LogP contribution in [-0.2, 0) is 20.7 Å². The molecule has 226 valence electrons. The highest BCUT2D eigenvalue weighted by Gasteiger charge is 2.50. The van der Waals surface area contributed by atoms with Crippen molar-refractivity contribution in [2.24, 2.45) is 0 Å². The number of aromatic hydroxyl groups is 2. The number of phenolic OH excluding ortho intramolecular Hbond substituents is 2. The standard InChI is InChI=1S/C29H33NO12/c1-12-24(34)15(30-6-7-31)8-19(41-12)42-17-10-29(39,18(33)11-32)9-14-21(17)28(38)23-22(26(14)36)25(35)13-4-3-5-16(40-2)20(13)27(23)37/h3-5,12,15,17,19,24,30-32,34,36,38-39H,6-11H2,1-2H3/t12-,15-,17-,19-,24+,29-/m0/s1. The van der Waals surface area contributed by atoms with Crippen molar-refractivity contribution < 1.29 is 59.2 Å². The van der Waals surface area contributed by atoms with Gasteiger partial charge in [-0.05, 0) is 13.0 Å². The SMILES string of the molecule is COc1cccc2c1C(=O)c1c(O)c3c(c(O)c1C2=O)C[C@@](O)(C(=O)CO)C[C@@H]3O[C@H]1C[C@H](NCCO)[C@H](O)[C@H](C)O1. The van der Waals surface area contributed by atoms with Crippen LogP contribution >= 0.6 is 0 Å². The third-order valence-corrected chi connectivity index (χ3v) is 8.28. The second kappa shape index (κ2) is 11.3. The van der Waals surface area contributed by atoms with Crippen LogP contribution in [0.2, 0.25) is 0 Å². The number of ether oxygens (including phenoxy) is 3. The Morgan fingerprint density at radius 3 is 2.50 bits per heavy atom. The molecule has 0 saturated carbocycles. The van der Waals surface area contributed by atoms with Crippen molar-refractivity contribution in [1.29, 1.82) is 0 Å². The molecule has 0 unspecified atom stereocenters. The summed E-state index contributed by atoms with van der Waals surface area (Å²) < 4.78 is 17.2. The van der Waals surface area contributed by atoms with Crippen LogP contribution in [0.5, 0.6) is 17.2 Å². The summed E-state index contributed by atoms with van der Waals surface area (Å²) in [5, 5.41) is 66.6. The van der Waals surface area contributed by atoms with Crippen LogP contribution in [-0.4, -0.2) is 105 Å². The number of benzene rings is 2. The first-order valence-electron chi connectivity index (χ1n) is 13.5. The molecule has 6 atom stereocenters. The Balaban J connectivity index is 1.64. The molecule has 2 aliphatic carbocycles. The van der Waals surface area contributed by atoms with E-state index >= 15 is 0 Å². The predicted octanol–water partition coefficient (Wildman–Crippen LogP) is -0.376. The molecule has 5 rings (SSSR count). The van der Waals surface area contributed by atoms with Crippen LogP contribution < -0.4 is 10.1 Å². The molecule has 1 aliphatic heterocycles. The number of fused-ring (bicyclic) bond motifs is 3. The van der Waals surface area contributed by atoms with E-state index in [1.807, 2.05) is 0 Å². The molecule has 7 N–H and O–H groups in total. The van der Waals surface area contributed by atoms with Crippen LogP contribution in [0.3, 0.4) is 0 Å². The van der Waals surface area contributed by atoms with E-state index in [9.17, 15) is 45.0 Å². The first-order valence-corrected chi connectivity index (χ1v) is 13.5. The van der Waals surface area contributed by atoms with Gasteiger partial charge in [0.05, 0.1) is 48.7 Å². The quantitative estimate of drug-likeness (QED) is 0.168. The number of methoxy groups -OCH3 is 1. The normalized spacial score (nSPS) is 28.6. The van der Waals surface area contributed by atoms with Gasteiger partial charge in [0.15, 0.2) is 17.9 Å². The molecule has 0 spiro atoms. The molecule has 13 heteroatoms. The zero-order chi connectivity index (χ0) is 30.5. The molecule has 0 amide bonds. The zero-order valence-electron chi connectivity index (χ0n) is 23.0. The third-order valence-electron chi connectivity index (χ3n) is 8.28. The number of ketones is 3. The second-order valence-corrected chi connectivity index (χ2v) is 10.8. The van der Waals surface area contributed by atoms with Gasteiger partial charge >= 0.3 is 0 Å². The maximum Gasteiger partial charge on any atom is 0.202 e. The highest BCUT2D eigenvalue weighted by molar-refractivity contribution is 6.31. The number of carbonyl (C=O) groups excluding carboxylic acids is 3. The summed E-state index contributed by atoms with van der Waals surface area (Å²) >= 11 is 0. The molecule has 3 aliphatic rings. The summed E-state index contributed by atoms with van der Waals surface area (Å²) in [4.78, 5) is 40.0. The third kappa shape index (κ3) is 4.76. The largest absolute Gasteiger partial charge is 0.507 e. The van der Waals surface area contributed by atoms with Gasteiger partial charge in [-0.15, -0.1) is 0 Å². The lowest BCUT2D eigenvalue weighted by molar-refractivity contribution is -0.249. The fourth-order valence-electron chi connectivity index (χ4n) is 6.17. The van der Waals surface area contributed by atoms with Crippen molar-refractivity contribution in [3.8, 4) is 17.2 Å². The number of hydrogen-bond acceptors (Lipinski definition) is 13. The molecule has 0 radical (unpaired) electrons. The Morgan fingerprint density at radius 1 is 1.12 bits per heavy atom. The van der Waals surface area contributed by atoms with Gasteiger partial charge in [-0.25, -0.2) is 0 Å². The van der Waals surface area contributed by atoms with Gasteiger partial charge in [0.2, 0.25) is 5.78 Å². The van der Waals surface area contributed by atoms with Crippen LogP contribution in [0.4, 0.5) is 0 Å². The number of phenols is 2. The molecule has 13 nitrogen and oxygen atoms in total. The Kier molecular flexibility index (Phi) is 8.11.